The van der Waals surface area contributed by atoms with E-state index in [2.05, 4.69) is 18.7 Å². The minimum Gasteiger partial charge on any atom is -0.394 e. The summed E-state index contributed by atoms with van der Waals surface area (Å²) in [7, 11) is 0. The molecule has 1 saturated heterocycles. The van der Waals surface area contributed by atoms with Crippen molar-refractivity contribution >= 4 is 0 Å². The molecule has 3 unspecified atom stereocenters. The third-order valence-electron chi connectivity index (χ3n) is 3.20. The Morgan fingerprint density at radius 3 is 2.71 bits per heavy atom. The molecule has 14 heavy (non-hydrogen) atoms. The maximum absolute atomic E-state index is 9.09. The van der Waals surface area contributed by atoms with Gasteiger partial charge in [0, 0.05) is 18.1 Å². The third-order valence-corrected chi connectivity index (χ3v) is 3.20. The summed E-state index contributed by atoms with van der Waals surface area (Å²) in [5, 5.41) is 9.09. The minimum absolute atomic E-state index is 0.0702. The molecular weight excluding hydrogens is 176 g/mol. The Bertz CT molecular complexity index is 182. The highest BCUT2D eigenvalue weighted by molar-refractivity contribution is 4.86. The van der Waals surface area contributed by atoms with Crippen molar-refractivity contribution in [3.8, 4) is 0 Å². The van der Waals surface area contributed by atoms with E-state index >= 15 is 0 Å². The van der Waals surface area contributed by atoms with Crippen LogP contribution in [0.5, 0.6) is 0 Å². The molecule has 0 aromatic heterocycles. The molecule has 3 heteroatoms. The fraction of sp³-hybridized carbons (Fsp3) is 1.00. The molecule has 0 aliphatic carbocycles. The van der Waals surface area contributed by atoms with E-state index in [-0.39, 0.29) is 6.61 Å². The average molecular weight is 200 g/mol. The highest BCUT2D eigenvalue weighted by atomic mass is 16.3. The smallest absolute Gasteiger partial charge is 0.0609 e. The van der Waals surface area contributed by atoms with Gasteiger partial charge in [-0.3, -0.25) is 0 Å². The number of nitrogens with zero attached hydrogens (tertiary/aromatic N) is 1. The molecule has 3 N–H and O–H groups in total. The van der Waals surface area contributed by atoms with Crippen molar-refractivity contribution in [2.75, 3.05) is 19.7 Å². The minimum atomic E-state index is -0.425. The second-order valence-electron chi connectivity index (χ2n) is 5.25. The van der Waals surface area contributed by atoms with Crippen molar-refractivity contribution in [2.24, 2.45) is 11.7 Å². The summed E-state index contributed by atoms with van der Waals surface area (Å²) >= 11 is 0. The number of hydrogen-bond donors (Lipinski definition) is 2. The molecule has 0 aromatic carbocycles. The zero-order valence-corrected chi connectivity index (χ0v) is 9.66. The first-order valence-electron chi connectivity index (χ1n) is 5.58. The lowest BCUT2D eigenvalue weighted by molar-refractivity contribution is 0.151. The van der Waals surface area contributed by atoms with Crippen molar-refractivity contribution in [2.45, 2.75) is 45.2 Å². The van der Waals surface area contributed by atoms with Gasteiger partial charge in [-0.1, -0.05) is 6.92 Å². The van der Waals surface area contributed by atoms with E-state index in [0.717, 1.165) is 12.3 Å². The Morgan fingerprint density at radius 1 is 1.64 bits per heavy atom. The number of aliphatic hydroxyl groups is 1. The van der Waals surface area contributed by atoms with Crippen LogP contribution in [0, 0.1) is 5.92 Å². The second-order valence-corrected chi connectivity index (χ2v) is 5.25. The van der Waals surface area contributed by atoms with Crippen LogP contribution < -0.4 is 5.73 Å². The molecule has 84 valence electrons. The fourth-order valence-electron chi connectivity index (χ4n) is 2.24. The van der Waals surface area contributed by atoms with E-state index in [4.69, 9.17) is 10.8 Å². The van der Waals surface area contributed by atoms with Crippen LogP contribution in [0.25, 0.3) is 0 Å². The van der Waals surface area contributed by atoms with Crippen molar-refractivity contribution in [3.63, 3.8) is 0 Å². The fourth-order valence-corrected chi connectivity index (χ4v) is 2.24. The van der Waals surface area contributed by atoms with E-state index in [9.17, 15) is 0 Å². The quantitative estimate of drug-likeness (QED) is 0.706. The van der Waals surface area contributed by atoms with Gasteiger partial charge in [0.2, 0.25) is 0 Å². The Morgan fingerprint density at radius 2 is 2.29 bits per heavy atom. The van der Waals surface area contributed by atoms with E-state index in [1.165, 1.54) is 19.5 Å². The van der Waals surface area contributed by atoms with Crippen molar-refractivity contribution in [1.29, 1.82) is 0 Å². The van der Waals surface area contributed by atoms with Gasteiger partial charge in [0.15, 0.2) is 0 Å². The maximum Gasteiger partial charge on any atom is 0.0609 e. The van der Waals surface area contributed by atoms with Gasteiger partial charge in [-0.25, -0.2) is 0 Å². The lowest BCUT2D eigenvalue weighted by Crippen LogP contribution is -2.46. The predicted octanol–water partition coefficient (Wildman–Crippen LogP) is 0.817. The molecule has 3 atom stereocenters. The molecule has 0 amide bonds. The van der Waals surface area contributed by atoms with Crippen molar-refractivity contribution in [1.82, 2.24) is 4.90 Å². The molecule has 1 rings (SSSR count). The number of rotatable bonds is 4. The van der Waals surface area contributed by atoms with Gasteiger partial charge in [0.25, 0.3) is 0 Å². The normalized spacial score (nSPS) is 30.2. The van der Waals surface area contributed by atoms with Crippen LogP contribution in [0.2, 0.25) is 0 Å². The van der Waals surface area contributed by atoms with Crippen LogP contribution in [0.1, 0.15) is 33.6 Å². The lowest BCUT2D eigenvalue weighted by Gasteiger charge is -2.31. The van der Waals surface area contributed by atoms with Crippen LogP contribution in [0.3, 0.4) is 0 Å². The molecule has 3 nitrogen and oxygen atoms in total. The Balaban J connectivity index is 2.38. The highest BCUT2D eigenvalue weighted by Gasteiger charge is 2.28. The zero-order valence-electron chi connectivity index (χ0n) is 9.66. The van der Waals surface area contributed by atoms with Gasteiger partial charge < -0.3 is 15.7 Å². The number of hydrogen-bond acceptors (Lipinski definition) is 3. The molecule has 0 spiro atoms. The molecule has 0 bridgehead atoms. The molecule has 0 radical (unpaired) electrons. The summed E-state index contributed by atoms with van der Waals surface area (Å²) in [5.41, 5.74) is 5.52. The van der Waals surface area contributed by atoms with Crippen LogP contribution >= 0.6 is 0 Å². The lowest BCUT2D eigenvalue weighted by atomic mass is 9.95. The second kappa shape index (κ2) is 4.60. The van der Waals surface area contributed by atoms with Crippen LogP contribution in [-0.2, 0) is 0 Å². The maximum atomic E-state index is 9.09. The Kier molecular flexibility index (Phi) is 3.93. The third kappa shape index (κ3) is 3.23. The number of aliphatic hydroxyl groups excluding tert-OH is 1. The van der Waals surface area contributed by atoms with Crippen molar-refractivity contribution in [3.05, 3.63) is 0 Å². The summed E-state index contributed by atoms with van der Waals surface area (Å²) in [6.07, 6.45) is 2.17. The topological polar surface area (TPSA) is 49.5 Å². The molecule has 0 saturated carbocycles. The first-order chi connectivity index (χ1) is 6.44. The highest BCUT2D eigenvalue weighted by Crippen LogP contribution is 2.21. The SMILES string of the molecule is CC1CCN(C(C)CC(C)(N)CO)C1. The number of nitrogens with two attached hydrogens (primary N) is 1. The first kappa shape index (κ1) is 12.0. The van der Waals surface area contributed by atoms with Gasteiger partial charge in [-0.15, -0.1) is 0 Å². The Labute approximate surface area is 87.3 Å². The molecule has 1 heterocycles. The Hall–Kier alpha value is -0.120. The van der Waals surface area contributed by atoms with Crippen LogP contribution in [-0.4, -0.2) is 41.3 Å². The predicted molar refractivity (Wildman–Crippen MR) is 59.1 cm³/mol. The molecule has 1 aliphatic rings. The van der Waals surface area contributed by atoms with Crippen LogP contribution in [0.4, 0.5) is 0 Å². The van der Waals surface area contributed by atoms with E-state index < -0.39 is 5.54 Å². The summed E-state index contributed by atoms with van der Waals surface area (Å²) in [4.78, 5) is 2.48. The average Bonchev–Trinajstić information content (AvgIpc) is 2.51. The van der Waals surface area contributed by atoms with Gasteiger partial charge in [0.05, 0.1) is 6.61 Å². The van der Waals surface area contributed by atoms with E-state index in [1.807, 2.05) is 6.92 Å². The molecule has 1 fully saturated rings. The summed E-state index contributed by atoms with van der Waals surface area (Å²) < 4.78 is 0. The zero-order chi connectivity index (χ0) is 10.8. The van der Waals surface area contributed by atoms with Crippen LogP contribution in [0.15, 0.2) is 0 Å². The van der Waals surface area contributed by atoms with Gasteiger partial charge in [-0.05, 0) is 39.2 Å². The van der Waals surface area contributed by atoms with Gasteiger partial charge >= 0.3 is 0 Å². The monoisotopic (exact) mass is 200 g/mol. The number of likely N-dealkylation sites (tertiary alicyclic amines) is 1. The van der Waals surface area contributed by atoms with Crippen molar-refractivity contribution < 1.29 is 5.11 Å². The molecular formula is C11H24N2O. The largest absolute Gasteiger partial charge is 0.394 e. The first-order valence-corrected chi connectivity index (χ1v) is 5.58. The van der Waals surface area contributed by atoms with E-state index in [0.29, 0.717) is 6.04 Å². The van der Waals surface area contributed by atoms with Gasteiger partial charge in [-0.2, -0.15) is 0 Å². The van der Waals surface area contributed by atoms with E-state index in [1.54, 1.807) is 0 Å². The summed E-state index contributed by atoms with van der Waals surface area (Å²) in [6.45, 7) is 8.86. The molecule has 0 aromatic rings. The molecule has 1 aliphatic heterocycles. The summed E-state index contributed by atoms with van der Waals surface area (Å²) in [6, 6.07) is 0.488. The van der Waals surface area contributed by atoms with Gasteiger partial charge in [0.1, 0.15) is 0 Å². The standard InChI is InChI=1S/C11H24N2O/c1-9-4-5-13(7-9)10(2)6-11(3,12)8-14/h9-10,14H,4-8,12H2,1-3H3. The summed E-state index contributed by atoms with van der Waals surface area (Å²) in [5.74, 6) is 0.815.